The van der Waals surface area contributed by atoms with Gasteiger partial charge >= 0.3 is 5.97 Å². The molecule has 23 heavy (non-hydrogen) atoms. The van der Waals surface area contributed by atoms with E-state index in [0.29, 0.717) is 29.4 Å². The summed E-state index contributed by atoms with van der Waals surface area (Å²) in [5.41, 5.74) is 1.12. The van der Waals surface area contributed by atoms with Crippen molar-refractivity contribution < 1.29 is 14.3 Å². The van der Waals surface area contributed by atoms with Crippen LogP contribution in [0, 0.1) is 0 Å². The van der Waals surface area contributed by atoms with E-state index in [2.05, 4.69) is 15.5 Å². The molecule has 0 N–H and O–H groups in total. The molecular weight excluding hydrogens is 296 g/mol. The highest BCUT2D eigenvalue weighted by Gasteiger charge is 2.10. The molecule has 7 heteroatoms. The lowest BCUT2D eigenvalue weighted by Crippen LogP contribution is -2.09. The van der Waals surface area contributed by atoms with E-state index in [9.17, 15) is 4.79 Å². The minimum absolute atomic E-state index is 0.407. The Bertz CT molecular complexity index is 803. The minimum Gasteiger partial charge on any atom is -0.494 e. The van der Waals surface area contributed by atoms with E-state index in [1.54, 1.807) is 42.5 Å². The molecule has 0 aliphatic rings. The highest BCUT2D eigenvalue weighted by Crippen LogP contribution is 2.19. The number of carbonyl (C=O) groups excluding carboxylic acids is 1. The molecule has 0 saturated heterocycles. The van der Waals surface area contributed by atoms with Crippen LogP contribution in [-0.4, -0.2) is 32.8 Å². The molecule has 7 nitrogen and oxygen atoms in total. The van der Waals surface area contributed by atoms with Crippen molar-refractivity contribution >= 4 is 5.97 Å². The first-order valence-electron chi connectivity index (χ1n) is 7.05. The topological polar surface area (TPSA) is 79.1 Å². The molecule has 3 aromatic rings. The van der Waals surface area contributed by atoms with Crippen LogP contribution in [0.15, 0.2) is 54.9 Å². The lowest BCUT2D eigenvalue weighted by Gasteiger charge is -2.08. The Morgan fingerprint density at radius 3 is 2.74 bits per heavy atom. The average molecular weight is 310 g/mol. The molecule has 1 heterocycles. The number of tetrazole rings is 1. The summed E-state index contributed by atoms with van der Waals surface area (Å²) in [6.45, 7) is 2.42. The monoisotopic (exact) mass is 310 g/mol. The fourth-order valence-electron chi connectivity index (χ4n) is 2.01. The van der Waals surface area contributed by atoms with E-state index in [0.717, 1.165) is 0 Å². The van der Waals surface area contributed by atoms with Crippen molar-refractivity contribution in [3.8, 4) is 17.2 Å². The molecule has 0 amide bonds. The molecule has 0 aliphatic carbocycles. The quantitative estimate of drug-likeness (QED) is 0.531. The number of aromatic nitrogens is 4. The summed E-state index contributed by atoms with van der Waals surface area (Å²) in [5.74, 6) is 0.578. The first-order valence-corrected chi connectivity index (χ1v) is 7.05. The number of esters is 1. The van der Waals surface area contributed by atoms with Crippen molar-refractivity contribution in [1.82, 2.24) is 20.2 Å². The molecule has 1 aromatic heterocycles. The lowest BCUT2D eigenvalue weighted by molar-refractivity contribution is 0.0734. The standard InChI is InChI=1S/C16H14N4O3/c1-2-22-14-7-3-5-12(9-14)16(21)23-15-8-4-6-13(10-15)20-11-17-18-19-20/h3-11H,2H2,1H3. The van der Waals surface area contributed by atoms with Gasteiger partial charge in [0.2, 0.25) is 0 Å². The van der Waals surface area contributed by atoms with E-state index in [-0.39, 0.29) is 0 Å². The highest BCUT2D eigenvalue weighted by atomic mass is 16.5. The van der Waals surface area contributed by atoms with E-state index >= 15 is 0 Å². The van der Waals surface area contributed by atoms with Crippen LogP contribution >= 0.6 is 0 Å². The van der Waals surface area contributed by atoms with Crippen LogP contribution in [0.25, 0.3) is 5.69 Å². The third-order valence-electron chi connectivity index (χ3n) is 3.02. The molecule has 0 unspecified atom stereocenters. The normalized spacial score (nSPS) is 10.3. The number of hydrogen-bond donors (Lipinski definition) is 0. The van der Waals surface area contributed by atoms with Gasteiger partial charge in [-0.05, 0) is 47.7 Å². The van der Waals surface area contributed by atoms with Crippen molar-refractivity contribution in [2.75, 3.05) is 6.61 Å². The van der Waals surface area contributed by atoms with Crippen LogP contribution in [0.2, 0.25) is 0 Å². The Labute approximate surface area is 132 Å². The molecule has 0 bridgehead atoms. The van der Waals surface area contributed by atoms with Crippen molar-refractivity contribution in [3.63, 3.8) is 0 Å². The Balaban J connectivity index is 1.78. The summed E-state index contributed by atoms with van der Waals surface area (Å²) < 4.78 is 12.3. The van der Waals surface area contributed by atoms with Gasteiger partial charge in [-0.15, -0.1) is 5.10 Å². The van der Waals surface area contributed by atoms with Crippen LogP contribution in [-0.2, 0) is 0 Å². The Morgan fingerprint density at radius 1 is 1.13 bits per heavy atom. The van der Waals surface area contributed by atoms with Crippen molar-refractivity contribution in [2.24, 2.45) is 0 Å². The molecule has 0 aliphatic heterocycles. The zero-order chi connectivity index (χ0) is 16.1. The molecular formula is C16H14N4O3. The van der Waals surface area contributed by atoms with Gasteiger partial charge in [0, 0.05) is 6.07 Å². The van der Waals surface area contributed by atoms with Crippen LogP contribution < -0.4 is 9.47 Å². The van der Waals surface area contributed by atoms with Gasteiger partial charge in [0.15, 0.2) is 0 Å². The second kappa shape index (κ2) is 6.69. The number of benzene rings is 2. The fourth-order valence-corrected chi connectivity index (χ4v) is 2.01. The van der Waals surface area contributed by atoms with Gasteiger partial charge in [0.05, 0.1) is 17.9 Å². The van der Waals surface area contributed by atoms with Crippen molar-refractivity contribution in [2.45, 2.75) is 6.92 Å². The van der Waals surface area contributed by atoms with E-state index < -0.39 is 5.97 Å². The maximum absolute atomic E-state index is 12.2. The molecule has 0 atom stereocenters. The molecule has 0 fully saturated rings. The third kappa shape index (κ3) is 3.52. The molecule has 0 radical (unpaired) electrons. The van der Waals surface area contributed by atoms with E-state index in [1.165, 1.54) is 11.0 Å². The van der Waals surface area contributed by atoms with Gasteiger partial charge in [0.25, 0.3) is 0 Å². The molecule has 116 valence electrons. The number of carbonyl (C=O) groups is 1. The number of nitrogens with zero attached hydrogens (tertiary/aromatic N) is 4. The fraction of sp³-hybridized carbons (Fsp3) is 0.125. The summed E-state index contributed by atoms with van der Waals surface area (Å²) in [6.07, 6.45) is 1.46. The number of ether oxygens (including phenoxy) is 2. The predicted molar refractivity (Wildman–Crippen MR) is 81.7 cm³/mol. The summed E-state index contributed by atoms with van der Waals surface area (Å²) in [4.78, 5) is 12.2. The van der Waals surface area contributed by atoms with Crippen LogP contribution in [0.5, 0.6) is 11.5 Å². The zero-order valence-corrected chi connectivity index (χ0v) is 12.4. The molecule has 0 saturated carbocycles. The smallest absolute Gasteiger partial charge is 0.343 e. The average Bonchev–Trinajstić information content (AvgIpc) is 3.10. The minimum atomic E-state index is -0.458. The van der Waals surface area contributed by atoms with Gasteiger partial charge in [0.1, 0.15) is 17.8 Å². The largest absolute Gasteiger partial charge is 0.494 e. The first-order chi connectivity index (χ1) is 11.3. The predicted octanol–water partition coefficient (Wildman–Crippen LogP) is 2.28. The van der Waals surface area contributed by atoms with Gasteiger partial charge in [-0.3, -0.25) is 0 Å². The summed E-state index contributed by atoms with van der Waals surface area (Å²) in [5, 5.41) is 10.9. The Hall–Kier alpha value is -3.22. The highest BCUT2D eigenvalue weighted by molar-refractivity contribution is 5.91. The van der Waals surface area contributed by atoms with Crippen molar-refractivity contribution in [1.29, 1.82) is 0 Å². The zero-order valence-electron chi connectivity index (χ0n) is 12.4. The lowest BCUT2D eigenvalue weighted by atomic mass is 10.2. The summed E-state index contributed by atoms with van der Waals surface area (Å²) >= 11 is 0. The van der Waals surface area contributed by atoms with Crippen LogP contribution in [0.1, 0.15) is 17.3 Å². The van der Waals surface area contributed by atoms with Crippen LogP contribution in [0.4, 0.5) is 0 Å². The second-order valence-electron chi connectivity index (χ2n) is 4.60. The summed E-state index contributed by atoms with van der Waals surface area (Å²) in [7, 11) is 0. The molecule has 2 aromatic carbocycles. The Morgan fingerprint density at radius 2 is 1.96 bits per heavy atom. The Kier molecular flexibility index (Phi) is 4.28. The maximum Gasteiger partial charge on any atom is 0.343 e. The van der Waals surface area contributed by atoms with E-state index in [1.807, 2.05) is 13.0 Å². The van der Waals surface area contributed by atoms with Crippen LogP contribution in [0.3, 0.4) is 0 Å². The second-order valence-corrected chi connectivity index (χ2v) is 4.60. The SMILES string of the molecule is CCOc1cccc(C(=O)Oc2cccc(-n3cnnn3)c2)c1. The van der Waals surface area contributed by atoms with Gasteiger partial charge in [-0.2, -0.15) is 0 Å². The first kappa shape index (κ1) is 14.7. The third-order valence-corrected chi connectivity index (χ3v) is 3.02. The van der Waals surface area contributed by atoms with E-state index in [4.69, 9.17) is 9.47 Å². The van der Waals surface area contributed by atoms with Gasteiger partial charge in [-0.1, -0.05) is 12.1 Å². The molecule has 3 rings (SSSR count). The number of rotatable bonds is 5. The van der Waals surface area contributed by atoms with Crippen molar-refractivity contribution in [3.05, 3.63) is 60.4 Å². The van der Waals surface area contributed by atoms with Gasteiger partial charge in [-0.25, -0.2) is 9.48 Å². The number of hydrogen-bond acceptors (Lipinski definition) is 6. The van der Waals surface area contributed by atoms with Gasteiger partial charge < -0.3 is 9.47 Å². The molecule has 0 spiro atoms. The summed E-state index contributed by atoms with van der Waals surface area (Å²) in [6, 6.07) is 13.8. The maximum atomic E-state index is 12.2.